The van der Waals surface area contributed by atoms with Crippen molar-refractivity contribution in [2.24, 2.45) is 4.99 Å². The Morgan fingerprint density at radius 3 is 3.00 bits per heavy atom. The number of phenols is 1. The predicted octanol–water partition coefficient (Wildman–Crippen LogP) is 1.54. The maximum atomic E-state index is 9.35. The lowest BCUT2D eigenvalue weighted by Crippen LogP contribution is -2.20. The molecule has 0 bridgehead atoms. The SMILES string of the molecule is Oc1ccc(CC2=NCCN2)cc1I. The minimum absolute atomic E-state index is 0.343. The zero-order chi connectivity index (χ0) is 9.97. The maximum Gasteiger partial charge on any atom is 0.128 e. The topological polar surface area (TPSA) is 44.6 Å². The van der Waals surface area contributed by atoms with Gasteiger partial charge in [0.05, 0.1) is 10.1 Å². The van der Waals surface area contributed by atoms with E-state index in [0.29, 0.717) is 5.75 Å². The van der Waals surface area contributed by atoms with Gasteiger partial charge in [-0.2, -0.15) is 0 Å². The number of hydrogen-bond acceptors (Lipinski definition) is 3. The summed E-state index contributed by atoms with van der Waals surface area (Å²) < 4.78 is 0.888. The number of aliphatic imine (C=N–C) groups is 1. The molecule has 0 aliphatic carbocycles. The van der Waals surface area contributed by atoms with Crippen LogP contribution in [0.1, 0.15) is 5.56 Å². The van der Waals surface area contributed by atoms with E-state index in [1.165, 1.54) is 5.56 Å². The van der Waals surface area contributed by atoms with Crippen LogP contribution in [0.25, 0.3) is 0 Å². The van der Waals surface area contributed by atoms with Crippen molar-refractivity contribution in [1.82, 2.24) is 5.32 Å². The lowest BCUT2D eigenvalue weighted by molar-refractivity contribution is 0.471. The smallest absolute Gasteiger partial charge is 0.128 e. The van der Waals surface area contributed by atoms with Crippen LogP contribution in [0.5, 0.6) is 5.75 Å². The number of aromatic hydroxyl groups is 1. The summed E-state index contributed by atoms with van der Waals surface area (Å²) in [6, 6.07) is 5.64. The minimum Gasteiger partial charge on any atom is -0.507 e. The molecule has 0 saturated heterocycles. The maximum absolute atomic E-state index is 9.35. The molecule has 0 saturated carbocycles. The first-order valence-electron chi connectivity index (χ1n) is 4.50. The van der Waals surface area contributed by atoms with Gasteiger partial charge in [-0.1, -0.05) is 6.07 Å². The van der Waals surface area contributed by atoms with E-state index in [2.05, 4.69) is 32.9 Å². The van der Waals surface area contributed by atoms with Gasteiger partial charge >= 0.3 is 0 Å². The van der Waals surface area contributed by atoms with Crippen LogP contribution in [0.3, 0.4) is 0 Å². The lowest BCUT2D eigenvalue weighted by atomic mass is 10.1. The van der Waals surface area contributed by atoms with Crippen molar-refractivity contribution < 1.29 is 5.11 Å². The number of phenolic OH excluding ortho intramolecular Hbond substituents is 1. The highest BCUT2D eigenvalue weighted by atomic mass is 127. The van der Waals surface area contributed by atoms with E-state index in [-0.39, 0.29) is 0 Å². The average Bonchev–Trinajstić information content (AvgIpc) is 2.64. The lowest BCUT2D eigenvalue weighted by Gasteiger charge is -2.04. The Morgan fingerprint density at radius 2 is 2.36 bits per heavy atom. The first-order chi connectivity index (χ1) is 6.75. The van der Waals surface area contributed by atoms with E-state index in [9.17, 15) is 5.11 Å². The molecule has 1 heterocycles. The number of halogens is 1. The quantitative estimate of drug-likeness (QED) is 0.814. The molecule has 0 fully saturated rings. The van der Waals surface area contributed by atoms with Gasteiger partial charge in [-0.3, -0.25) is 4.99 Å². The fraction of sp³-hybridized carbons (Fsp3) is 0.300. The molecule has 0 radical (unpaired) electrons. The number of amidine groups is 1. The van der Waals surface area contributed by atoms with Gasteiger partial charge in [0.25, 0.3) is 0 Å². The Hall–Kier alpha value is -0.780. The highest BCUT2D eigenvalue weighted by Gasteiger charge is 2.07. The Morgan fingerprint density at radius 1 is 1.50 bits per heavy atom. The fourth-order valence-electron chi connectivity index (χ4n) is 1.42. The zero-order valence-corrected chi connectivity index (χ0v) is 9.78. The monoisotopic (exact) mass is 302 g/mol. The Bertz CT molecular complexity index is 376. The van der Waals surface area contributed by atoms with E-state index < -0.39 is 0 Å². The first-order valence-corrected chi connectivity index (χ1v) is 5.58. The highest BCUT2D eigenvalue weighted by molar-refractivity contribution is 14.1. The van der Waals surface area contributed by atoms with Crippen LogP contribution in [-0.4, -0.2) is 24.0 Å². The molecule has 0 spiro atoms. The van der Waals surface area contributed by atoms with Gasteiger partial charge < -0.3 is 10.4 Å². The number of rotatable bonds is 2. The molecule has 0 aromatic heterocycles. The third kappa shape index (κ3) is 2.17. The summed E-state index contributed by atoms with van der Waals surface area (Å²) in [7, 11) is 0. The summed E-state index contributed by atoms with van der Waals surface area (Å²) in [5, 5.41) is 12.6. The molecule has 1 aliphatic heterocycles. The summed E-state index contributed by atoms with van der Waals surface area (Å²) in [4.78, 5) is 4.32. The molecule has 3 nitrogen and oxygen atoms in total. The molecule has 4 heteroatoms. The second kappa shape index (κ2) is 4.16. The predicted molar refractivity (Wildman–Crippen MR) is 64.8 cm³/mol. The molecular formula is C10H11IN2O. The minimum atomic E-state index is 0.343. The summed E-state index contributed by atoms with van der Waals surface area (Å²) >= 11 is 2.13. The number of benzene rings is 1. The molecule has 1 aliphatic rings. The van der Waals surface area contributed by atoms with Crippen LogP contribution < -0.4 is 5.32 Å². The average molecular weight is 302 g/mol. The van der Waals surface area contributed by atoms with E-state index in [1.807, 2.05) is 12.1 Å². The summed E-state index contributed by atoms with van der Waals surface area (Å²) in [6.45, 7) is 1.83. The molecule has 0 atom stereocenters. The molecule has 1 aromatic rings. The normalized spacial score (nSPS) is 15.1. The Labute approximate surface area is 96.4 Å². The second-order valence-corrected chi connectivity index (χ2v) is 4.38. The second-order valence-electron chi connectivity index (χ2n) is 3.22. The number of hydrogen-bond donors (Lipinski definition) is 2. The van der Waals surface area contributed by atoms with Crippen molar-refractivity contribution in [3.05, 3.63) is 27.3 Å². The fourth-order valence-corrected chi connectivity index (χ4v) is 2.00. The zero-order valence-electron chi connectivity index (χ0n) is 7.63. The third-order valence-corrected chi connectivity index (χ3v) is 2.99. The number of nitrogens with zero attached hydrogens (tertiary/aromatic N) is 1. The van der Waals surface area contributed by atoms with Crippen molar-refractivity contribution in [3.8, 4) is 5.75 Å². The van der Waals surface area contributed by atoms with Gasteiger partial charge in [0.15, 0.2) is 0 Å². The Kier molecular flexibility index (Phi) is 2.90. The molecule has 0 amide bonds. The molecule has 14 heavy (non-hydrogen) atoms. The van der Waals surface area contributed by atoms with E-state index in [0.717, 1.165) is 28.9 Å². The van der Waals surface area contributed by atoms with Gasteiger partial charge in [-0.05, 0) is 40.3 Å². The highest BCUT2D eigenvalue weighted by Crippen LogP contribution is 2.20. The third-order valence-electron chi connectivity index (χ3n) is 2.13. The van der Waals surface area contributed by atoms with E-state index >= 15 is 0 Å². The first kappa shape index (κ1) is 9.76. The van der Waals surface area contributed by atoms with Gasteiger partial charge in [-0.25, -0.2) is 0 Å². The molecule has 2 rings (SSSR count). The summed E-state index contributed by atoms with van der Waals surface area (Å²) in [6.07, 6.45) is 0.830. The standard InChI is InChI=1S/C10H11IN2O/c11-8-5-7(1-2-9(8)14)6-10-12-3-4-13-10/h1-2,5,14H,3-4,6H2,(H,12,13). The van der Waals surface area contributed by atoms with Crippen LogP contribution in [0.4, 0.5) is 0 Å². The molecule has 2 N–H and O–H groups in total. The van der Waals surface area contributed by atoms with Crippen LogP contribution >= 0.6 is 22.6 Å². The van der Waals surface area contributed by atoms with Crippen molar-refractivity contribution in [3.63, 3.8) is 0 Å². The van der Waals surface area contributed by atoms with Crippen LogP contribution in [0.2, 0.25) is 0 Å². The molecule has 1 aromatic carbocycles. The van der Waals surface area contributed by atoms with Gasteiger partial charge in [0.1, 0.15) is 11.6 Å². The largest absolute Gasteiger partial charge is 0.507 e. The van der Waals surface area contributed by atoms with Crippen LogP contribution in [0, 0.1) is 3.57 Å². The molecule has 0 unspecified atom stereocenters. The van der Waals surface area contributed by atoms with Crippen LogP contribution in [0.15, 0.2) is 23.2 Å². The van der Waals surface area contributed by atoms with E-state index in [4.69, 9.17) is 0 Å². The van der Waals surface area contributed by atoms with Gasteiger partial charge in [0, 0.05) is 13.0 Å². The Balaban J connectivity index is 2.13. The van der Waals surface area contributed by atoms with Crippen LogP contribution in [-0.2, 0) is 6.42 Å². The summed E-state index contributed by atoms with van der Waals surface area (Å²) in [5.41, 5.74) is 1.18. The number of nitrogens with one attached hydrogen (secondary N) is 1. The molecule has 74 valence electrons. The van der Waals surface area contributed by atoms with Crippen molar-refractivity contribution in [1.29, 1.82) is 0 Å². The van der Waals surface area contributed by atoms with Crippen molar-refractivity contribution in [2.45, 2.75) is 6.42 Å². The van der Waals surface area contributed by atoms with Gasteiger partial charge in [-0.15, -0.1) is 0 Å². The van der Waals surface area contributed by atoms with Gasteiger partial charge in [0.2, 0.25) is 0 Å². The summed E-state index contributed by atoms with van der Waals surface area (Å²) in [5.74, 6) is 1.39. The van der Waals surface area contributed by atoms with Crippen molar-refractivity contribution >= 4 is 28.4 Å². The van der Waals surface area contributed by atoms with E-state index in [1.54, 1.807) is 6.07 Å². The molecular weight excluding hydrogens is 291 g/mol. The van der Waals surface area contributed by atoms with Crippen molar-refractivity contribution in [2.75, 3.05) is 13.1 Å².